The largest absolute Gasteiger partial charge is 0.480 e. The van der Waals surface area contributed by atoms with Gasteiger partial charge < -0.3 is 15.3 Å². The molecule has 1 aromatic carbocycles. The summed E-state index contributed by atoms with van der Waals surface area (Å²) in [7, 11) is 1.52. The second kappa shape index (κ2) is 8.29. The molecule has 0 aliphatic rings. The van der Waals surface area contributed by atoms with Gasteiger partial charge in [-0.25, -0.2) is 9.59 Å². The van der Waals surface area contributed by atoms with Crippen LogP contribution in [0.25, 0.3) is 0 Å². The Morgan fingerprint density at radius 3 is 2.43 bits per heavy atom. The van der Waals surface area contributed by atoms with Crippen LogP contribution in [0.15, 0.2) is 30.3 Å². The summed E-state index contributed by atoms with van der Waals surface area (Å²) in [6.45, 7) is 3.68. The number of nitrogens with one attached hydrogen (secondary N) is 1. The van der Waals surface area contributed by atoms with E-state index in [4.69, 9.17) is 5.11 Å². The monoisotopic (exact) mass is 292 g/mol. The lowest BCUT2D eigenvalue weighted by Crippen LogP contribution is -2.49. The number of carbonyl (C=O) groups excluding carboxylic acids is 1. The Labute approximate surface area is 126 Å². The molecule has 116 valence electrons. The van der Waals surface area contributed by atoms with Gasteiger partial charge in [0.2, 0.25) is 0 Å². The summed E-state index contributed by atoms with van der Waals surface area (Å²) in [4.78, 5) is 24.3. The highest BCUT2D eigenvalue weighted by Crippen LogP contribution is 2.07. The van der Waals surface area contributed by atoms with Gasteiger partial charge in [0.15, 0.2) is 0 Å². The lowest BCUT2D eigenvalue weighted by Gasteiger charge is -2.26. The third-order valence-electron chi connectivity index (χ3n) is 3.54. The quantitative estimate of drug-likeness (QED) is 0.811. The molecular formula is C16H24N2O3. The highest BCUT2D eigenvalue weighted by Gasteiger charge is 2.25. The fourth-order valence-corrected chi connectivity index (χ4v) is 2.17. The summed E-state index contributed by atoms with van der Waals surface area (Å²) >= 11 is 0. The molecule has 0 aliphatic carbocycles. The van der Waals surface area contributed by atoms with Gasteiger partial charge in [0, 0.05) is 13.1 Å². The van der Waals surface area contributed by atoms with Crippen molar-refractivity contribution in [3.63, 3.8) is 0 Å². The Balaban J connectivity index is 2.44. The Morgan fingerprint density at radius 2 is 1.90 bits per heavy atom. The molecule has 0 saturated carbocycles. The first-order chi connectivity index (χ1) is 9.95. The third kappa shape index (κ3) is 5.45. The van der Waals surface area contributed by atoms with Crippen LogP contribution in [-0.2, 0) is 11.2 Å². The molecule has 0 bridgehead atoms. The highest BCUT2D eigenvalue weighted by atomic mass is 16.4. The van der Waals surface area contributed by atoms with Crippen molar-refractivity contribution in [3.8, 4) is 0 Å². The van der Waals surface area contributed by atoms with E-state index in [1.807, 2.05) is 25.1 Å². The molecular weight excluding hydrogens is 268 g/mol. The van der Waals surface area contributed by atoms with Gasteiger partial charge in [0.25, 0.3) is 0 Å². The van der Waals surface area contributed by atoms with Crippen LogP contribution >= 0.6 is 0 Å². The summed E-state index contributed by atoms with van der Waals surface area (Å²) < 4.78 is 0. The molecule has 0 spiro atoms. The van der Waals surface area contributed by atoms with E-state index in [1.54, 1.807) is 6.92 Å². The smallest absolute Gasteiger partial charge is 0.326 e. The van der Waals surface area contributed by atoms with Crippen molar-refractivity contribution in [1.29, 1.82) is 0 Å². The standard InChI is InChI=1S/C16H24N2O3/c1-4-14(15(19)20)18(3)16(21)17-12(2)10-11-13-8-6-5-7-9-13/h5-9,12,14H,4,10-11H2,1-3H3,(H,17,21)(H,19,20). The van der Waals surface area contributed by atoms with E-state index in [9.17, 15) is 9.59 Å². The molecule has 0 saturated heterocycles. The molecule has 2 amide bonds. The number of urea groups is 1. The van der Waals surface area contributed by atoms with Crippen LogP contribution in [-0.4, -0.2) is 41.1 Å². The van der Waals surface area contributed by atoms with Crippen LogP contribution in [0.2, 0.25) is 0 Å². The summed E-state index contributed by atoms with van der Waals surface area (Å²) in [5.41, 5.74) is 1.23. The Bertz CT molecular complexity index is 462. The number of benzene rings is 1. The maximum absolute atomic E-state index is 12.0. The maximum Gasteiger partial charge on any atom is 0.326 e. The number of nitrogens with zero attached hydrogens (tertiary/aromatic N) is 1. The molecule has 0 aromatic heterocycles. The number of aliphatic carboxylic acids is 1. The second-order valence-electron chi connectivity index (χ2n) is 5.25. The molecule has 0 radical (unpaired) electrons. The van der Waals surface area contributed by atoms with Crippen LogP contribution < -0.4 is 5.32 Å². The number of carboxylic acid groups (broad SMARTS) is 1. The van der Waals surface area contributed by atoms with E-state index >= 15 is 0 Å². The number of carbonyl (C=O) groups is 2. The van der Waals surface area contributed by atoms with E-state index in [1.165, 1.54) is 17.5 Å². The fourth-order valence-electron chi connectivity index (χ4n) is 2.17. The summed E-state index contributed by atoms with van der Waals surface area (Å²) in [6.07, 6.45) is 2.08. The molecule has 5 heteroatoms. The number of hydrogen-bond donors (Lipinski definition) is 2. The van der Waals surface area contributed by atoms with Crippen LogP contribution in [0.3, 0.4) is 0 Å². The minimum absolute atomic E-state index is 0.00791. The van der Waals surface area contributed by atoms with Gasteiger partial charge in [-0.05, 0) is 31.7 Å². The van der Waals surface area contributed by atoms with Crippen molar-refractivity contribution >= 4 is 12.0 Å². The van der Waals surface area contributed by atoms with Crippen LogP contribution in [0, 0.1) is 0 Å². The van der Waals surface area contributed by atoms with Gasteiger partial charge in [-0.15, -0.1) is 0 Å². The molecule has 2 N–H and O–H groups in total. The first-order valence-corrected chi connectivity index (χ1v) is 7.25. The summed E-state index contributed by atoms with van der Waals surface area (Å²) in [5.74, 6) is -0.980. The van der Waals surface area contributed by atoms with Gasteiger partial charge >= 0.3 is 12.0 Å². The average Bonchev–Trinajstić information content (AvgIpc) is 2.46. The zero-order valence-corrected chi connectivity index (χ0v) is 12.9. The molecule has 5 nitrogen and oxygen atoms in total. The molecule has 21 heavy (non-hydrogen) atoms. The van der Waals surface area contributed by atoms with E-state index in [-0.39, 0.29) is 12.1 Å². The highest BCUT2D eigenvalue weighted by molar-refractivity contribution is 5.82. The molecule has 0 heterocycles. The van der Waals surface area contributed by atoms with Gasteiger partial charge in [0.1, 0.15) is 6.04 Å². The van der Waals surface area contributed by atoms with Gasteiger partial charge in [-0.2, -0.15) is 0 Å². The van der Waals surface area contributed by atoms with Crippen LogP contribution in [0.1, 0.15) is 32.3 Å². The Morgan fingerprint density at radius 1 is 1.29 bits per heavy atom. The molecule has 0 fully saturated rings. The first kappa shape index (κ1) is 17.0. The maximum atomic E-state index is 12.0. The van der Waals surface area contributed by atoms with E-state index in [2.05, 4.69) is 17.4 Å². The minimum atomic E-state index is -0.980. The predicted molar refractivity (Wildman–Crippen MR) is 82.2 cm³/mol. The van der Waals surface area contributed by atoms with Crippen LogP contribution in [0.5, 0.6) is 0 Å². The number of aryl methyl sites for hydroxylation is 1. The van der Waals surface area contributed by atoms with Crippen molar-refractivity contribution in [3.05, 3.63) is 35.9 Å². The zero-order chi connectivity index (χ0) is 15.8. The molecule has 1 rings (SSSR count). The average molecular weight is 292 g/mol. The minimum Gasteiger partial charge on any atom is -0.480 e. The lowest BCUT2D eigenvalue weighted by molar-refractivity contribution is -0.141. The van der Waals surface area contributed by atoms with Gasteiger partial charge in [0.05, 0.1) is 0 Å². The van der Waals surface area contributed by atoms with Gasteiger partial charge in [-0.3, -0.25) is 0 Å². The molecule has 2 atom stereocenters. The predicted octanol–water partition coefficient (Wildman–Crippen LogP) is 2.51. The molecule has 2 unspecified atom stereocenters. The number of hydrogen-bond acceptors (Lipinski definition) is 2. The van der Waals surface area contributed by atoms with Crippen molar-refractivity contribution in [1.82, 2.24) is 10.2 Å². The second-order valence-corrected chi connectivity index (χ2v) is 5.25. The number of likely N-dealkylation sites (N-methyl/N-ethyl adjacent to an activating group) is 1. The fraction of sp³-hybridized carbons (Fsp3) is 0.500. The third-order valence-corrected chi connectivity index (χ3v) is 3.54. The number of rotatable bonds is 7. The summed E-state index contributed by atoms with van der Waals surface area (Å²) in [6, 6.07) is 8.93. The Hall–Kier alpha value is -2.04. The van der Waals surface area contributed by atoms with Crippen molar-refractivity contribution < 1.29 is 14.7 Å². The molecule has 1 aromatic rings. The molecule has 0 aliphatic heterocycles. The number of carboxylic acids is 1. The normalized spacial score (nSPS) is 13.3. The lowest BCUT2D eigenvalue weighted by atomic mass is 10.1. The Kier molecular flexibility index (Phi) is 6.72. The first-order valence-electron chi connectivity index (χ1n) is 7.25. The van der Waals surface area contributed by atoms with Gasteiger partial charge in [-0.1, -0.05) is 37.3 Å². The number of amides is 2. The van der Waals surface area contributed by atoms with E-state index in [0.29, 0.717) is 6.42 Å². The van der Waals surface area contributed by atoms with Crippen LogP contribution in [0.4, 0.5) is 4.79 Å². The van der Waals surface area contributed by atoms with Crippen molar-refractivity contribution in [2.45, 2.75) is 45.2 Å². The zero-order valence-electron chi connectivity index (χ0n) is 12.9. The topological polar surface area (TPSA) is 69.6 Å². The van der Waals surface area contributed by atoms with Crippen molar-refractivity contribution in [2.24, 2.45) is 0 Å². The van der Waals surface area contributed by atoms with Crippen molar-refractivity contribution in [2.75, 3.05) is 7.05 Å². The van der Waals surface area contributed by atoms with E-state index < -0.39 is 12.0 Å². The summed E-state index contributed by atoms with van der Waals surface area (Å²) in [5, 5.41) is 11.9. The SMILES string of the molecule is CCC(C(=O)O)N(C)C(=O)NC(C)CCc1ccccc1. The van der Waals surface area contributed by atoms with E-state index in [0.717, 1.165) is 12.8 Å².